The second kappa shape index (κ2) is 4.86. The Morgan fingerprint density at radius 1 is 1.12 bits per heavy atom. The minimum Gasteiger partial charge on any atom is -0.368 e. The fourth-order valence-electron chi connectivity index (χ4n) is 0.974. The molecule has 0 aliphatic heterocycles. The molecule has 0 saturated carbocycles. The SMILES string of the molecule is Nc1ncc(Cl)c(Sc2ncccc2Cl)n1. The zero-order valence-corrected chi connectivity index (χ0v) is 10.2. The summed E-state index contributed by atoms with van der Waals surface area (Å²) in [5.74, 6) is 0.166. The van der Waals surface area contributed by atoms with Crippen LogP contribution in [0, 0.1) is 0 Å². The number of hydrogen-bond donors (Lipinski definition) is 1. The summed E-state index contributed by atoms with van der Waals surface area (Å²) in [6, 6.07) is 3.50. The fraction of sp³-hybridized carbons (Fsp3) is 0. The molecule has 82 valence electrons. The van der Waals surface area contributed by atoms with Crippen LogP contribution < -0.4 is 5.73 Å². The van der Waals surface area contributed by atoms with Gasteiger partial charge in [-0.3, -0.25) is 0 Å². The molecule has 0 aliphatic rings. The molecule has 2 N–H and O–H groups in total. The number of anilines is 1. The normalized spacial score (nSPS) is 10.4. The molecule has 0 unspecified atom stereocenters. The van der Waals surface area contributed by atoms with E-state index in [1.165, 1.54) is 18.0 Å². The topological polar surface area (TPSA) is 64.7 Å². The van der Waals surface area contributed by atoms with Crippen molar-refractivity contribution < 1.29 is 0 Å². The Bertz CT molecular complexity index is 521. The van der Waals surface area contributed by atoms with E-state index in [4.69, 9.17) is 28.9 Å². The number of nitrogens with zero attached hydrogens (tertiary/aromatic N) is 3. The lowest BCUT2D eigenvalue weighted by Crippen LogP contribution is -1.95. The second-order valence-corrected chi connectivity index (χ2v) is 4.57. The third-order valence-corrected chi connectivity index (χ3v) is 3.48. The quantitative estimate of drug-likeness (QED) is 0.852. The first kappa shape index (κ1) is 11.4. The van der Waals surface area contributed by atoms with Crippen molar-refractivity contribution in [3.05, 3.63) is 34.6 Å². The van der Waals surface area contributed by atoms with Gasteiger partial charge in [-0.05, 0) is 23.9 Å². The molecule has 0 radical (unpaired) electrons. The van der Waals surface area contributed by atoms with Crippen molar-refractivity contribution in [3.63, 3.8) is 0 Å². The van der Waals surface area contributed by atoms with Crippen molar-refractivity contribution in [2.45, 2.75) is 10.1 Å². The maximum atomic E-state index is 5.97. The van der Waals surface area contributed by atoms with E-state index in [9.17, 15) is 0 Å². The highest BCUT2D eigenvalue weighted by atomic mass is 35.5. The number of aromatic nitrogens is 3. The molecular weight excluding hydrogens is 267 g/mol. The summed E-state index contributed by atoms with van der Waals surface area (Å²) in [6.45, 7) is 0. The summed E-state index contributed by atoms with van der Waals surface area (Å²) in [5, 5.41) is 2.13. The highest BCUT2D eigenvalue weighted by Gasteiger charge is 2.09. The Morgan fingerprint density at radius 2 is 1.94 bits per heavy atom. The van der Waals surface area contributed by atoms with Gasteiger partial charge in [-0.2, -0.15) is 0 Å². The Kier molecular flexibility index (Phi) is 3.48. The number of nitrogen functional groups attached to an aromatic ring is 1. The summed E-state index contributed by atoms with van der Waals surface area (Å²) in [5.41, 5.74) is 5.47. The Hall–Kier alpha value is -1.04. The largest absolute Gasteiger partial charge is 0.368 e. The van der Waals surface area contributed by atoms with Crippen LogP contribution in [0.4, 0.5) is 5.95 Å². The molecule has 0 spiro atoms. The lowest BCUT2D eigenvalue weighted by molar-refractivity contribution is 1.05. The number of hydrogen-bond acceptors (Lipinski definition) is 5. The van der Waals surface area contributed by atoms with Gasteiger partial charge >= 0.3 is 0 Å². The van der Waals surface area contributed by atoms with Gasteiger partial charge < -0.3 is 5.73 Å². The molecule has 0 atom stereocenters. The maximum absolute atomic E-state index is 5.97. The van der Waals surface area contributed by atoms with E-state index in [1.807, 2.05) is 0 Å². The monoisotopic (exact) mass is 272 g/mol. The molecule has 0 saturated heterocycles. The van der Waals surface area contributed by atoms with Crippen LogP contribution in [0.1, 0.15) is 0 Å². The van der Waals surface area contributed by atoms with E-state index in [1.54, 1.807) is 18.3 Å². The van der Waals surface area contributed by atoms with Crippen molar-refractivity contribution >= 4 is 40.9 Å². The predicted molar refractivity (Wildman–Crippen MR) is 64.8 cm³/mol. The van der Waals surface area contributed by atoms with Crippen molar-refractivity contribution in [1.82, 2.24) is 15.0 Å². The van der Waals surface area contributed by atoms with Gasteiger partial charge in [0, 0.05) is 6.20 Å². The third kappa shape index (κ3) is 2.55. The van der Waals surface area contributed by atoms with Gasteiger partial charge in [0.15, 0.2) is 0 Å². The summed E-state index contributed by atoms with van der Waals surface area (Å²) >= 11 is 13.1. The molecule has 4 nitrogen and oxygen atoms in total. The smallest absolute Gasteiger partial charge is 0.221 e. The van der Waals surface area contributed by atoms with Crippen LogP contribution in [-0.2, 0) is 0 Å². The highest BCUT2D eigenvalue weighted by molar-refractivity contribution is 7.99. The molecule has 2 aromatic rings. The van der Waals surface area contributed by atoms with E-state index in [0.29, 0.717) is 20.1 Å². The molecule has 2 heterocycles. The average Bonchev–Trinajstić information content (AvgIpc) is 2.27. The summed E-state index contributed by atoms with van der Waals surface area (Å²) in [4.78, 5) is 11.9. The molecule has 7 heteroatoms. The fourth-order valence-corrected chi connectivity index (χ4v) is 2.17. The van der Waals surface area contributed by atoms with Gasteiger partial charge in [0.1, 0.15) is 10.1 Å². The molecular formula is C9H6Cl2N4S. The van der Waals surface area contributed by atoms with Crippen LogP contribution >= 0.6 is 35.0 Å². The van der Waals surface area contributed by atoms with Gasteiger partial charge in [-0.15, -0.1) is 0 Å². The van der Waals surface area contributed by atoms with E-state index >= 15 is 0 Å². The predicted octanol–water partition coefficient (Wildman–Crippen LogP) is 2.91. The van der Waals surface area contributed by atoms with Crippen molar-refractivity contribution in [2.75, 3.05) is 5.73 Å². The van der Waals surface area contributed by atoms with Crippen LogP contribution in [0.15, 0.2) is 34.6 Å². The van der Waals surface area contributed by atoms with Crippen LogP contribution in [0.3, 0.4) is 0 Å². The van der Waals surface area contributed by atoms with Gasteiger partial charge in [-0.25, -0.2) is 15.0 Å². The number of nitrogens with two attached hydrogens (primary N) is 1. The summed E-state index contributed by atoms with van der Waals surface area (Å²) in [7, 11) is 0. The van der Waals surface area contributed by atoms with E-state index in [0.717, 1.165) is 0 Å². The molecule has 0 amide bonds. The molecule has 0 bridgehead atoms. The number of pyridine rings is 1. The first-order valence-electron chi connectivity index (χ1n) is 4.23. The average molecular weight is 273 g/mol. The Morgan fingerprint density at radius 3 is 2.69 bits per heavy atom. The van der Waals surface area contributed by atoms with Crippen molar-refractivity contribution in [1.29, 1.82) is 0 Å². The lowest BCUT2D eigenvalue weighted by atomic mass is 10.5. The van der Waals surface area contributed by atoms with E-state index < -0.39 is 0 Å². The van der Waals surface area contributed by atoms with Crippen LogP contribution in [-0.4, -0.2) is 15.0 Å². The molecule has 2 rings (SSSR count). The molecule has 2 aromatic heterocycles. The van der Waals surface area contributed by atoms with Gasteiger partial charge in [0.2, 0.25) is 5.95 Å². The minimum atomic E-state index is 0.166. The van der Waals surface area contributed by atoms with Gasteiger partial charge in [0.25, 0.3) is 0 Å². The van der Waals surface area contributed by atoms with Gasteiger partial charge in [-0.1, -0.05) is 23.2 Å². The zero-order chi connectivity index (χ0) is 11.5. The molecule has 16 heavy (non-hydrogen) atoms. The van der Waals surface area contributed by atoms with Gasteiger partial charge in [0.05, 0.1) is 16.2 Å². The van der Waals surface area contributed by atoms with E-state index in [-0.39, 0.29) is 5.95 Å². The Balaban J connectivity index is 2.34. The van der Waals surface area contributed by atoms with Crippen LogP contribution in [0.25, 0.3) is 0 Å². The number of halogens is 2. The van der Waals surface area contributed by atoms with Crippen molar-refractivity contribution in [2.24, 2.45) is 0 Å². The van der Waals surface area contributed by atoms with Crippen molar-refractivity contribution in [3.8, 4) is 0 Å². The Labute approximate surface area is 106 Å². The number of rotatable bonds is 2. The first-order valence-corrected chi connectivity index (χ1v) is 5.80. The molecule has 0 fully saturated rings. The maximum Gasteiger partial charge on any atom is 0.221 e. The summed E-state index contributed by atoms with van der Waals surface area (Å²) < 4.78 is 0. The zero-order valence-electron chi connectivity index (χ0n) is 7.89. The van der Waals surface area contributed by atoms with E-state index in [2.05, 4.69) is 15.0 Å². The van der Waals surface area contributed by atoms with Crippen LogP contribution in [0.5, 0.6) is 0 Å². The van der Waals surface area contributed by atoms with Crippen LogP contribution in [0.2, 0.25) is 10.0 Å². The highest BCUT2D eigenvalue weighted by Crippen LogP contribution is 2.33. The summed E-state index contributed by atoms with van der Waals surface area (Å²) in [6.07, 6.45) is 3.09. The third-order valence-electron chi connectivity index (χ3n) is 1.65. The molecule has 0 aliphatic carbocycles. The first-order chi connectivity index (χ1) is 7.66. The second-order valence-electron chi connectivity index (χ2n) is 2.77. The lowest BCUT2D eigenvalue weighted by Gasteiger charge is -2.03. The standard InChI is InChI=1S/C9H6Cl2N4S/c10-5-2-1-3-13-7(5)16-8-6(11)4-14-9(12)15-8/h1-4H,(H2,12,14,15). The molecule has 0 aromatic carbocycles. The minimum absolute atomic E-state index is 0.166.